The molecule has 5 aromatic rings. The van der Waals surface area contributed by atoms with E-state index in [1.54, 1.807) is 10.7 Å². The summed E-state index contributed by atoms with van der Waals surface area (Å²) in [5.74, 6) is 0.661. The van der Waals surface area contributed by atoms with Crippen LogP contribution in [0.4, 0.5) is 0 Å². The van der Waals surface area contributed by atoms with Gasteiger partial charge in [0, 0.05) is 33.2 Å². The fourth-order valence-electron chi connectivity index (χ4n) is 4.42. The molecule has 0 aliphatic heterocycles. The Hall–Kier alpha value is -3.19. The number of rotatable bonds is 7. The van der Waals surface area contributed by atoms with Crippen molar-refractivity contribution in [1.29, 1.82) is 0 Å². The van der Waals surface area contributed by atoms with E-state index in [4.69, 9.17) is 23.2 Å². The van der Waals surface area contributed by atoms with Gasteiger partial charge in [0.1, 0.15) is 0 Å². The van der Waals surface area contributed by atoms with Gasteiger partial charge in [-0.1, -0.05) is 65.7 Å². The van der Waals surface area contributed by atoms with Crippen molar-refractivity contribution in [3.05, 3.63) is 105 Å². The van der Waals surface area contributed by atoms with Crippen LogP contribution in [0.1, 0.15) is 34.3 Å². The molecule has 34 heavy (non-hydrogen) atoms. The van der Waals surface area contributed by atoms with Crippen LogP contribution in [-0.2, 0) is 6.42 Å². The Balaban J connectivity index is 1.50. The zero-order valence-corrected chi connectivity index (χ0v) is 20.4. The van der Waals surface area contributed by atoms with E-state index >= 15 is 0 Å². The van der Waals surface area contributed by atoms with Crippen LogP contribution in [0.5, 0.6) is 0 Å². The molecule has 0 spiro atoms. The Bertz CT molecular complexity index is 1460. The predicted octanol–water partition coefficient (Wildman–Crippen LogP) is 5.99. The molecule has 0 saturated heterocycles. The van der Waals surface area contributed by atoms with Crippen molar-refractivity contribution in [2.24, 2.45) is 0 Å². The van der Waals surface area contributed by atoms with E-state index in [1.807, 2.05) is 49.4 Å². The first-order valence-corrected chi connectivity index (χ1v) is 11.9. The molecule has 1 atom stereocenters. The maximum absolute atomic E-state index is 6.65. The molecule has 0 amide bonds. The number of aromatic amines is 1. The average molecular weight is 491 g/mol. The van der Waals surface area contributed by atoms with E-state index in [1.165, 1.54) is 16.6 Å². The Morgan fingerprint density at radius 1 is 1.00 bits per heavy atom. The number of para-hydroxylation sites is 2. The average Bonchev–Trinajstić information content (AvgIpc) is 3.42. The number of fused-ring (bicyclic) bond motifs is 1. The van der Waals surface area contributed by atoms with Crippen molar-refractivity contribution in [3.8, 4) is 5.69 Å². The number of nitrogens with one attached hydrogen (secondary N) is 2. The molecular weight excluding hydrogens is 467 g/mol. The molecule has 0 aliphatic rings. The molecule has 0 aliphatic carbocycles. The Kier molecular flexibility index (Phi) is 6.37. The van der Waals surface area contributed by atoms with Crippen LogP contribution in [0.15, 0.2) is 66.7 Å². The van der Waals surface area contributed by atoms with Gasteiger partial charge in [0.15, 0.2) is 5.82 Å². The van der Waals surface area contributed by atoms with Crippen LogP contribution in [0.25, 0.3) is 16.6 Å². The molecule has 172 valence electrons. The third-order valence-electron chi connectivity index (χ3n) is 6.12. The number of hydrogen-bond acceptors (Lipinski definition) is 4. The van der Waals surface area contributed by atoms with Crippen molar-refractivity contribution in [3.63, 3.8) is 0 Å². The molecule has 6 nitrogen and oxygen atoms in total. The van der Waals surface area contributed by atoms with Gasteiger partial charge in [-0.15, -0.1) is 5.10 Å². The summed E-state index contributed by atoms with van der Waals surface area (Å²) in [4.78, 5) is 3.48. The molecule has 0 saturated carbocycles. The Morgan fingerprint density at radius 3 is 2.62 bits per heavy atom. The summed E-state index contributed by atoms with van der Waals surface area (Å²) in [7, 11) is 0. The number of halogens is 2. The third-order valence-corrected chi connectivity index (χ3v) is 6.68. The van der Waals surface area contributed by atoms with Crippen molar-refractivity contribution in [2.75, 3.05) is 6.54 Å². The molecule has 8 heteroatoms. The summed E-state index contributed by atoms with van der Waals surface area (Å²) in [6.45, 7) is 4.85. The molecule has 2 aromatic heterocycles. The quantitative estimate of drug-likeness (QED) is 0.294. The minimum Gasteiger partial charge on any atom is -0.358 e. The molecule has 0 unspecified atom stereocenters. The van der Waals surface area contributed by atoms with Gasteiger partial charge in [0.05, 0.1) is 11.7 Å². The number of H-pyrrole nitrogens is 1. The second-order valence-electron chi connectivity index (χ2n) is 8.31. The van der Waals surface area contributed by atoms with Crippen LogP contribution < -0.4 is 5.32 Å². The van der Waals surface area contributed by atoms with Crippen molar-refractivity contribution >= 4 is 34.1 Å². The molecule has 3 aromatic carbocycles. The zero-order valence-electron chi connectivity index (χ0n) is 18.9. The van der Waals surface area contributed by atoms with E-state index in [0.717, 1.165) is 28.8 Å². The van der Waals surface area contributed by atoms with Gasteiger partial charge in [-0.05, 0) is 71.7 Å². The molecule has 2 N–H and O–H groups in total. The first-order valence-electron chi connectivity index (χ1n) is 11.1. The van der Waals surface area contributed by atoms with E-state index in [9.17, 15) is 0 Å². The van der Waals surface area contributed by atoms with Crippen molar-refractivity contribution in [2.45, 2.75) is 26.3 Å². The molecule has 0 fully saturated rings. The summed E-state index contributed by atoms with van der Waals surface area (Å²) in [5.41, 5.74) is 6.48. The van der Waals surface area contributed by atoms with Gasteiger partial charge in [0.25, 0.3) is 0 Å². The van der Waals surface area contributed by atoms with Crippen LogP contribution in [0.2, 0.25) is 10.0 Å². The van der Waals surface area contributed by atoms with Crippen molar-refractivity contribution in [1.82, 2.24) is 30.5 Å². The van der Waals surface area contributed by atoms with E-state index < -0.39 is 0 Å². The number of aryl methyl sites for hydroxylation is 2. The van der Waals surface area contributed by atoms with Gasteiger partial charge in [0.2, 0.25) is 0 Å². The fourth-order valence-corrected chi connectivity index (χ4v) is 4.94. The highest BCUT2D eigenvalue weighted by Crippen LogP contribution is 2.31. The lowest BCUT2D eigenvalue weighted by Gasteiger charge is -2.20. The number of benzene rings is 3. The third kappa shape index (κ3) is 4.32. The predicted molar refractivity (Wildman–Crippen MR) is 137 cm³/mol. The largest absolute Gasteiger partial charge is 0.358 e. The summed E-state index contributed by atoms with van der Waals surface area (Å²) < 4.78 is 1.77. The summed E-state index contributed by atoms with van der Waals surface area (Å²) in [5, 5.41) is 18.7. The van der Waals surface area contributed by atoms with Gasteiger partial charge in [-0.25, -0.2) is 0 Å². The van der Waals surface area contributed by atoms with Gasteiger partial charge in [-0.2, -0.15) is 4.68 Å². The minimum atomic E-state index is -0.329. The van der Waals surface area contributed by atoms with E-state index in [-0.39, 0.29) is 6.04 Å². The van der Waals surface area contributed by atoms with Crippen LogP contribution >= 0.6 is 23.2 Å². The number of nitrogens with zero attached hydrogens (tertiary/aromatic N) is 4. The zero-order chi connectivity index (χ0) is 23.7. The monoisotopic (exact) mass is 490 g/mol. The maximum atomic E-state index is 6.65. The summed E-state index contributed by atoms with van der Waals surface area (Å²) in [6.07, 6.45) is 0.837. The van der Waals surface area contributed by atoms with Crippen LogP contribution in [-0.4, -0.2) is 31.7 Å². The summed E-state index contributed by atoms with van der Waals surface area (Å²) >= 11 is 12.8. The fraction of sp³-hybridized carbons (Fsp3) is 0.192. The van der Waals surface area contributed by atoms with E-state index in [0.29, 0.717) is 22.4 Å². The first kappa shape index (κ1) is 22.6. The van der Waals surface area contributed by atoms with Crippen LogP contribution in [0.3, 0.4) is 0 Å². The normalized spacial score (nSPS) is 12.4. The number of hydrogen-bond donors (Lipinski definition) is 2. The molecule has 2 heterocycles. The Morgan fingerprint density at radius 2 is 1.79 bits per heavy atom. The lowest BCUT2D eigenvalue weighted by molar-refractivity contribution is 0.563. The van der Waals surface area contributed by atoms with Crippen molar-refractivity contribution < 1.29 is 0 Å². The molecule has 5 rings (SSSR count). The van der Waals surface area contributed by atoms with Gasteiger partial charge >= 0.3 is 0 Å². The van der Waals surface area contributed by atoms with Gasteiger partial charge < -0.3 is 10.3 Å². The first-order chi connectivity index (χ1) is 16.5. The van der Waals surface area contributed by atoms with E-state index in [2.05, 4.69) is 50.9 Å². The van der Waals surface area contributed by atoms with Gasteiger partial charge in [-0.3, -0.25) is 0 Å². The van der Waals surface area contributed by atoms with Crippen LogP contribution in [0, 0.1) is 13.8 Å². The lowest BCUT2D eigenvalue weighted by atomic mass is 10.0. The lowest BCUT2D eigenvalue weighted by Crippen LogP contribution is -2.28. The number of aromatic nitrogens is 5. The summed E-state index contributed by atoms with van der Waals surface area (Å²) in [6, 6.07) is 21.6. The topological polar surface area (TPSA) is 71.4 Å². The standard InChI is InChI=1S/C26H24Cl2N6/c1-16-7-3-6-10-24(16)34-26(31-32-33-34)25(21-12-11-18(27)15-22(21)28)29-14-13-19-17(2)30-23-9-5-4-8-20(19)23/h3-12,15,25,29-30H,13-14H2,1-2H3/t25-/m1/s1. The smallest absolute Gasteiger partial charge is 0.178 e. The number of tetrazole rings is 1. The Labute approximate surface area is 207 Å². The highest BCUT2D eigenvalue weighted by atomic mass is 35.5. The highest BCUT2D eigenvalue weighted by molar-refractivity contribution is 6.35. The molecule has 0 radical (unpaired) electrons. The highest BCUT2D eigenvalue weighted by Gasteiger charge is 2.25. The molecule has 0 bridgehead atoms. The second kappa shape index (κ2) is 9.58. The maximum Gasteiger partial charge on any atom is 0.178 e. The second-order valence-corrected chi connectivity index (χ2v) is 9.16. The minimum absolute atomic E-state index is 0.329. The SMILES string of the molecule is Cc1ccccc1-n1nnnc1[C@H](NCCc1c(C)[nH]c2ccccc12)c1ccc(Cl)cc1Cl. The molecular formula is C26H24Cl2N6.